The minimum absolute atomic E-state index is 0.0752. The molecule has 1 aliphatic rings. The number of aryl methyl sites for hydroxylation is 1. The Kier molecular flexibility index (Phi) is 3.99. The van der Waals surface area contributed by atoms with Crippen LogP contribution in [0.2, 0.25) is 0 Å². The van der Waals surface area contributed by atoms with Gasteiger partial charge in [-0.2, -0.15) is 0 Å². The third kappa shape index (κ3) is 3.18. The molecule has 0 spiro atoms. The third-order valence-electron chi connectivity index (χ3n) is 3.88. The van der Waals surface area contributed by atoms with Gasteiger partial charge in [-0.1, -0.05) is 0 Å². The Morgan fingerprint density at radius 3 is 2.58 bits per heavy atom. The molecule has 0 aliphatic heterocycles. The summed E-state index contributed by atoms with van der Waals surface area (Å²) in [5.74, 6) is -0.644. The van der Waals surface area contributed by atoms with Crippen molar-refractivity contribution in [1.29, 1.82) is 0 Å². The van der Waals surface area contributed by atoms with Crippen molar-refractivity contribution in [3.05, 3.63) is 23.0 Å². The lowest BCUT2D eigenvalue weighted by Gasteiger charge is -2.20. The lowest BCUT2D eigenvalue weighted by Crippen LogP contribution is -2.22. The van der Waals surface area contributed by atoms with Crippen LogP contribution in [0.15, 0.2) is 6.07 Å². The number of carbonyl (C=O) groups is 1. The molecule has 0 bridgehead atoms. The zero-order chi connectivity index (χ0) is 14.2. The lowest BCUT2D eigenvalue weighted by molar-refractivity contribution is -0.137. The summed E-state index contributed by atoms with van der Waals surface area (Å²) in [5.41, 5.74) is 3.73. The zero-order valence-corrected chi connectivity index (χ0v) is 12.3. The van der Waals surface area contributed by atoms with Gasteiger partial charge in [0.25, 0.3) is 0 Å². The molecule has 1 aliphatic carbocycles. The van der Waals surface area contributed by atoms with E-state index in [1.54, 1.807) is 0 Å². The van der Waals surface area contributed by atoms with Gasteiger partial charge in [-0.3, -0.25) is 4.79 Å². The molecule has 0 aromatic carbocycles. The van der Waals surface area contributed by atoms with Crippen molar-refractivity contribution in [2.24, 2.45) is 0 Å². The molecule has 1 N–H and O–H groups in total. The third-order valence-corrected chi connectivity index (χ3v) is 3.88. The maximum Gasteiger partial charge on any atom is 0.304 e. The standard InChI is InChI=1S/C15H24N2O2/c1-10-7-14(11(2)17(10)13-5-6-13)12(8-15(18)19)9-16(3)4/h7,12-13H,5-6,8-9H2,1-4H3,(H,18,19). The van der Waals surface area contributed by atoms with E-state index in [4.69, 9.17) is 5.11 Å². The second-order valence-corrected chi connectivity index (χ2v) is 5.98. The van der Waals surface area contributed by atoms with Crippen LogP contribution in [0, 0.1) is 13.8 Å². The fourth-order valence-corrected chi connectivity index (χ4v) is 3.03. The number of likely N-dealkylation sites (N-methyl/N-ethyl adjacent to an activating group) is 1. The predicted molar refractivity (Wildman–Crippen MR) is 75.7 cm³/mol. The van der Waals surface area contributed by atoms with Gasteiger partial charge in [0.15, 0.2) is 0 Å². The molecule has 1 unspecified atom stereocenters. The van der Waals surface area contributed by atoms with Gasteiger partial charge in [0.05, 0.1) is 6.42 Å². The number of carboxylic acids is 1. The summed E-state index contributed by atoms with van der Waals surface area (Å²) in [6.07, 6.45) is 2.72. The van der Waals surface area contributed by atoms with E-state index in [0.29, 0.717) is 6.04 Å². The van der Waals surface area contributed by atoms with Crippen molar-refractivity contribution in [3.8, 4) is 0 Å². The molecular weight excluding hydrogens is 240 g/mol. The smallest absolute Gasteiger partial charge is 0.304 e. The van der Waals surface area contributed by atoms with Crippen LogP contribution in [0.25, 0.3) is 0 Å². The second kappa shape index (κ2) is 5.37. The first kappa shape index (κ1) is 14.1. The molecule has 1 aromatic heterocycles. The first-order valence-corrected chi connectivity index (χ1v) is 6.95. The molecule has 4 heteroatoms. The van der Waals surface area contributed by atoms with Gasteiger partial charge < -0.3 is 14.6 Å². The minimum atomic E-state index is -0.719. The van der Waals surface area contributed by atoms with Gasteiger partial charge >= 0.3 is 5.97 Å². The summed E-state index contributed by atoms with van der Waals surface area (Å²) in [7, 11) is 3.99. The van der Waals surface area contributed by atoms with Crippen molar-refractivity contribution >= 4 is 5.97 Å². The lowest BCUT2D eigenvalue weighted by atomic mass is 9.95. The normalized spacial score (nSPS) is 16.9. The number of carboxylic acid groups (broad SMARTS) is 1. The van der Waals surface area contributed by atoms with E-state index in [1.807, 2.05) is 14.1 Å². The molecule has 1 saturated carbocycles. The molecular formula is C15H24N2O2. The van der Waals surface area contributed by atoms with Crippen molar-refractivity contribution in [1.82, 2.24) is 9.47 Å². The highest BCUT2D eigenvalue weighted by Gasteiger charge is 2.29. The Morgan fingerprint density at radius 2 is 2.11 bits per heavy atom. The second-order valence-electron chi connectivity index (χ2n) is 5.98. The summed E-state index contributed by atoms with van der Waals surface area (Å²) in [4.78, 5) is 13.2. The molecule has 2 rings (SSSR count). The monoisotopic (exact) mass is 264 g/mol. The number of rotatable bonds is 6. The fraction of sp³-hybridized carbons (Fsp3) is 0.667. The number of hydrogen-bond donors (Lipinski definition) is 1. The number of aromatic nitrogens is 1. The highest BCUT2D eigenvalue weighted by atomic mass is 16.4. The molecule has 4 nitrogen and oxygen atoms in total. The summed E-state index contributed by atoms with van der Waals surface area (Å²) in [6, 6.07) is 2.84. The summed E-state index contributed by atoms with van der Waals surface area (Å²) in [5, 5.41) is 9.12. The Hall–Kier alpha value is -1.29. The molecule has 19 heavy (non-hydrogen) atoms. The van der Waals surface area contributed by atoms with Crippen LogP contribution in [0.5, 0.6) is 0 Å². The van der Waals surface area contributed by atoms with E-state index in [1.165, 1.54) is 29.8 Å². The van der Waals surface area contributed by atoms with Crippen molar-refractivity contribution in [2.45, 2.75) is 45.1 Å². The van der Waals surface area contributed by atoms with E-state index >= 15 is 0 Å². The van der Waals surface area contributed by atoms with Gasteiger partial charge in [0.2, 0.25) is 0 Å². The Balaban J connectivity index is 2.30. The minimum Gasteiger partial charge on any atom is -0.481 e. The van der Waals surface area contributed by atoms with Crippen LogP contribution in [-0.2, 0) is 4.79 Å². The summed E-state index contributed by atoms with van der Waals surface area (Å²) < 4.78 is 2.39. The highest BCUT2D eigenvalue weighted by molar-refractivity contribution is 5.68. The number of nitrogens with zero attached hydrogens (tertiary/aromatic N) is 2. The van der Waals surface area contributed by atoms with Crippen LogP contribution in [-0.4, -0.2) is 41.2 Å². The largest absolute Gasteiger partial charge is 0.481 e. The van der Waals surface area contributed by atoms with Crippen LogP contribution in [0.1, 0.15) is 48.2 Å². The maximum atomic E-state index is 11.1. The molecule has 1 fully saturated rings. The average Bonchev–Trinajstić information content (AvgIpc) is 3.04. The van der Waals surface area contributed by atoms with Crippen LogP contribution < -0.4 is 0 Å². The van der Waals surface area contributed by atoms with E-state index in [9.17, 15) is 4.79 Å². The van der Waals surface area contributed by atoms with E-state index in [2.05, 4.69) is 29.4 Å². The summed E-state index contributed by atoms with van der Waals surface area (Å²) >= 11 is 0. The maximum absolute atomic E-state index is 11.1. The molecule has 1 heterocycles. The van der Waals surface area contributed by atoms with E-state index in [0.717, 1.165) is 6.54 Å². The highest BCUT2D eigenvalue weighted by Crippen LogP contribution is 2.40. The van der Waals surface area contributed by atoms with Gasteiger partial charge in [0, 0.05) is 29.9 Å². The first-order valence-electron chi connectivity index (χ1n) is 6.95. The quantitative estimate of drug-likeness (QED) is 0.859. The molecule has 0 amide bonds. The predicted octanol–water partition coefficient (Wildman–Crippen LogP) is 2.56. The Morgan fingerprint density at radius 1 is 1.47 bits per heavy atom. The van der Waals surface area contributed by atoms with Crippen LogP contribution >= 0.6 is 0 Å². The van der Waals surface area contributed by atoms with Crippen LogP contribution in [0.4, 0.5) is 0 Å². The zero-order valence-electron chi connectivity index (χ0n) is 12.3. The van der Waals surface area contributed by atoms with Gasteiger partial charge in [-0.25, -0.2) is 0 Å². The van der Waals surface area contributed by atoms with Crippen molar-refractivity contribution in [3.63, 3.8) is 0 Å². The first-order chi connectivity index (χ1) is 8.90. The van der Waals surface area contributed by atoms with Gasteiger partial charge in [-0.15, -0.1) is 0 Å². The molecule has 106 valence electrons. The van der Waals surface area contributed by atoms with E-state index in [-0.39, 0.29) is 12.3 Å². The number of aliphatic carboxylic acids is 1. The van der Waals surface area contributed by atoms with E-state index < -0.39 is 5.97 Å². The topological polar surface area (TPSA) is 45.5 Å². The molecule has 0 saturated heterocycles. The van der Waals surface area contributed by atoms with Gasteiger partial charge in [0.1, 0.15) is 0 Å². The molecule has 1 atom stereocenters. The van der Waals surface area contributed by atoms with Crippen LogP contribution in [0.3, 0.4) is 0 Å². The number of hydrogen-bond acceptors (Lipinski definition) is 2. The summed E-state index contributed by atoms with van der Waals surface area (Å²) in [6.45, 7) is 5.04. The fourth-order valence-electron chi connectivity index (χ4n) is 3.03. The van der Waals surface area contributed by atoms with Crippen molar-refractivity contribution in [2.75, 3.05) is 20.6 Å². The molecule has 0 radical (unpaired) electrons. The van der Waals surface area contributed by atoms with Gasteiger partial charge in [-0.05, 0) is 52.4 Å². The molecule has 1 aromatic rings. The SMILES string of the molecule is Cc1cc(C(CC(=O)O)CN(C)C)c(C)n1C1CC1. The van der Waals surface area contributed by atoms with Crippen molar-refractivity contribution < 1.29 is 9.90 Å². The average molecular weight is 264 g/mol. The Labute approximate surface area is 115 Å². The Bertz CT molecular complexity index is 473.